The van der Waals surface area contributed by atoms with E-state index in [0.717, 1.165) is 25.7 Å². The number of halogens is 1. The molecule has 4 nitrogen and oxygen atoms in total. The van der Waals surface area contributed by atoms with E-state index in [1.807, 2.05) is 0 Å². The maximum Gasteiger partial charge on any atom is 0.251 e. The Morgan fingerprint density at radius 2 is 2.19 bits per heavy atom. The molecular weight excluding hydrogens is 290 g/mol. The van der Waals surface area contributed by atoms with Crippen LogP contribution in [-0.2, 0) is 4.74 Å². The Labute approximate surface area is 130 Å². The van der Waals surface area contributed by atoms with Crippen molar-refractivity contribution in [3.05, 3.63) is 28.8 Å². The number of hydrogen-bond acceptors (Lipinski definition) is 3. The van der Waals surface area contributed by atoms with Crippen molar-refractivity contribution < 1.29 is 14.6 Å². The quantitative estimate of drug-likeness (QED) is 0.894. The molecule has 1 unspecified atom stereocenters. The number of hydrogen-bond donors (Lipinski definition) is 2. The zero-order valence-corrected chi connectivity index (χ0v) is 13.2. The van der Waals surface area contributed by atoms with Gasteiger partial charge in [-0.1, -0.05) is 25.4 Å². The van der Waals surface area contributed by atoms with Crippen LogP contribution in [0.1, 0.15) is 49.9 Å². The number of rotatable bonds is 4. The van der Waals surface area contributed by atoms with Gasteiger partial charge >= 0.3 is 0 Å². The zero-order valence-electron chi connectivity index (χ0n) is 12.5. The highest BCUT2D eigenvalue weighted by Gasteiger charge is 2.35. The smallest absolute Gasteiger partial charge is 0.251 e. The van der Waals surface area contributed by atoms with E-state index in [1.54, 1.807) is 6.07 Å². The summed E-state index contributed by atoms with van der Waals surface area (Å²) in [5, 5.41) is 12.6. The lowest BCUT2D eigenvalue weighted by Gasteiger charge is -2.40. The van der Waals surface area contributed by atoms with E-state index >= 15 is 0 Å². The van der Waals surface area contributed by atoms with Crippen molar-refractivity contribution in [2.45, 2.75) is 51.2 Å². The van der Waals surface area contributed by atoms with Crippen LogP contribution in [0, 0.1) is 0 Å². The van der Waals surface area contributed by atoms with Gasteiger partial charge in [0.2, 0.25) is 0 Å². The van der Waals surface area contributed by atoms with Crippen molar-refractivity contribution in [1.82, 2.24) is 5.32 Å². The van der Waals surface area contributed by atoms with Gasteiger partial charge in [-0.25, -0.2) is 0 Å². The lowest BCUT2D eigenvalue weighted by Crippen LogP contribution is -2.48. The molecule has 1 aliphatic rings. The second-order valence-electron chi connectivity index (χ2n) is 5.57. The number of benzene rings is 1. The van der Waals surface area contributed by atoms with Crippen molar-refractivity contribution in [2.24, 2.45) is 0 Å². The number of phenolic OH excluding ortho intramolecular Hbond substituents is 1. The van der Waals surface area contributed by atoms with Gasteiger partial charge in [-0.15, -0.1) is 0 Å². The van der Waals surface area contributed by atoms with Crippen LogP contribution in [0.15, 0.2) is 18.2 Å². The van der Waals surface area contributed by atoms with Crippen molar-refractivity contribution in [3.63, 3.8) is 0 Å². The second-order valence-corrected chi connectivity index (χ2v) is 5.98. The predicted molar refractivity (Wildman–Crippen MR) is 82.9 cm³/mol. The van der Waals surface area contributed by atoms with Crippen LogP contribution in [0.4, 0.5) is 0 Å². The van der Waals surface area contributed by atoms with Gasteiger partial charge in [0, 0.05) is 18.2 Å². The molecule has 0 spiro atoms. The Morgan fingerprint density at radius 1 is 1.48 bits per heavy atom. The first-order chi connectivity index (χ1) is 9.99. The summed E-state index contributed by atoms with van der Waals surface area (Å²) in [6.45, 7) is 4.91. The van der Waals surface area contributed by atoms with Crippen LogP contribution in [-0.4, -0.2) is 29.3 Å². The standard InChI is InChI=1S/C16H22ClNO3/c1-3-16(4-2)10-12(7-8-21-16)18-15(20)11-5-6-14(19)13(17)9-11/h5-6,9,12,19H,3-4,7-8,10H2,1-2H3,(H,18,20). The van der Waals surface area contributed by atoms with Crippen molar-refractivity contribution >= 4 is 17.5 Å². The molecule has 1 aromatic rings. The molecule has 0 bridgehead atoms. The summed E-state index contributed by atoms with van der Waals surface area (Å²) in [6, 6.07) is 4.60. The van der Waals surface area contributed by atoms with E-state index in [1.165, 1.54) is 12.1 Å². The number of phenols is 1. The van der Waals surface area contributed by atoms with Crippen molar-refractivity contribution in [1.29, 1.82) is 0 Å². The number of nitrogens with one attached hydrogen (secondary N) is 1. The van der Waals surface area contributed by atoms with Gasteiger partial charge in [0.1, 0.15) is 5.75 Å². The molecule has 21 heavy (non-hydrogen) atoms. The molecular formula is C16H22ClNO3. The molecule has 5 heteroatoms. The predicted octanol–water partition coefficient (Wildman–Crippen LogP) is 3.51. The van der Waals surface area contributed by atoms with Crippen LogP contribution < -0.4 is 5.32 Å². The Morgan fingerprint density at radius 3 is 2.81 bits per heavy atom. The molecule has 1 aromatic carbocycles. The van der Waals surface area contributed by atoms with Crippen LogP contribution in [0.3, 0.4) is 0 Å². The fourth-order valence-electron chi connectivity index (χ4n) is 2.81. The molecule has 2 rings (SSSR count). The summed E-state index contributed by atoms with van der Waals surface area (Å²) < 4.78 is 5.91. The summed E-state index contributed by atoms with van der Waals surface area (Å²) >= 11 is 5.84. The highest BCUT2D eigenvalue weighted by atomic mass is 35.5. The summed E-state index contributed by atoms with van der Waals surface area (Å²) in [4.78, 5) is 12.3. The minimum Gasteiger partial charge on any atom is -0.506 e. The lowest BCUT2D eigenvalue weighted by atomic mass is 9.86. The van der Waals surface area contributed by atoms with E-state index in [4.69, 9.17) is 16.3 Å². The minimum atomic E-state index is -0.162. The number of amides is 1. The maximum absolute atomic E-state index is 12.3. The van der Waals surface area contributed by atoms with Crippen molar-refractivity contribution in [3.8, 4) is 5.75 Å². The maximum atomic E-state index is 12.3. The third-order valence-corrected chi connectivity index (χ3v) is 4.63. The summed E-state index contributed by atoms with van der Waals surface area (Å²) in [6.07, 6.45) is 3.54. The number of aromatic hydroxyl groups is 1. The summed E-state index contributed by atoms with van der Waals surface area (Å²) in [7, 11) is 0. The van der Waals surface area contributed by atoms with Gasteiger partial charge in [-0.3, -0.25) is 4.79 Å². The molecule has 1 amide bonds. The average Bonchev–Trinajstić information content (AvgIpc) is 2.50. The summed E-state index contributed by atoms with van der Waals surface area (Å²) in [5.74, 6) is -0.180. The third kappa shape index (κ3) is 3.69. The minimum absolute atomic E-state index is 0.0183. The van der Waals surface area contributed by atoms with Crippen molar-refractivity contribution in [2.75, 3.05) is 6.61 Å². The van der Waals surface area contributed by atoms with Gasteiger partial charge in [-0.05, 0) is 43.9 Å². The first-order valence-electron chi connectivity index (χ1n) is 7.43. The van der Waals surface area contributed by atoms with Gasteiger partial charge in [-0.2, -0.15) is 0 Å². The SMILES string of the molecule is CCC1(CC)CC(NC(=O)c2ccc(O)c(Cl)c2)CCO1. The lowest BCUT2D eigenvalue weighted by molar-refractivity contribution is -0.0917. The fourth-order valence-corrected chi connectivity index (χ4v) is 2.99. The molecule has 0 saturated carbocycles. The molecule has 1 fully saturated rings. The fraction of sp³-hybridized carbons (Fsp3) is 0.562. The van der Waals surface area contributed by atoms with Gasteiger partial charge in [0.05, 0.1) is 10.6 Å². The van der Waals surface area contributed by atoms with Crippen LogP contribution in [0.25, 0.3) is 0 Å². The van der Waals surface area contributed by atoms with E-state index in [9.17, 15) is 9.90 Å². The average molecular weight is 312 g/mol. The molecule has 0 radical (unpaired) electrons. The molecule has 1 heterocycles. The topological polar surface area (TPSA) is 58.6 Å². The second kappa shape index (κ2) is 6.67. The molecule has 1 saturated heterocycles. The normalized spacial score (nSPS) is 21.0. The Kier molecular flexibility index (Phi) is 5.12. The van der Waals surface area contributed by atoms with E-state index in [0.29, 0.717) is 12.2 Å². The molecule has 2 N–H and O–H groups in total. The summed E-state index contributed by atoms with van der Waals surface area (Å²) in [5.41, 5.74) is 0.339. The number of carbonyl (C=O) groups excluding carboxylic acids is 1. The van der Waals surface area contributed by atoms with Crippen LogP contribution in [0.2, 0.25) is 5.02 Å². The number of ether oxygens (including phenoxy) is 1. The van der Waals surface area contributed by atoms with Gasteiger partial charge in [0.25, 0.3) is 5.91 Å². The van der Waals surface area contributed by atoms with E-state index < -0.39 is 0 Å². The Hall–Kier alpha value is -1.26. The third-order valence-electron chi connectivity index (χ3n) is 4.33. The van der Waals surface area contributed by atoms with Gasteiger partial charge in [0.15, 0.2) is 0 Å². The van der Waals surface area contributed by atoms with Gasteiger partial charge < -0.3 is 15.2 Å². The zero-order chi connectivity index (χ0) is 15.5. The molecule has 1 atom stereocenters. The Bertz CT molecular complexity index is 514. The first-order valence-corrected chi connectivity index (χ1v) is 7.81. The molecule has 0 aliphatic carbocycles. The molecule has 1 aliphatic heterocycles. The monoisotopic (exact) mass is 311 g/mol. The number of carbonyl (C=O) groups is 1. The Balaban J connectivity index is 2.03. The highest BCUT2D eigenvalue weighted by molar-refractivity contribution is 6.32. The molecule has 116 valence electrons. The van der Waals surface area contributed by atoms with Crippen LogP contribution in [0.5, 0.6) is 5.75 Å². The highest BCUT2D eigenvalue weighted by Crippen LogP contribution is 2.31. The first kappa shape index (κ1) is 16.1. The van der Waals surface area contributed by atoms with Crippen LogP contribution >= 0.6 is 11.6 Å². The van der Waals surface area contributed by atoms with E-state index in [2.05, 4.69) is 19.2 Å². The largest absolute Gasteiger partial charge is 0.506 e. The molecule has 0 aromatic heterocycles. The van der Waals surface area contributed by atoms with E-state index in [-0.39, 0.29) is 28.3 Å².